The molecule has 0 aromatic carbocycles. The van der Waals surface area contributed by atoms with E-state index in [0.717, 1.165) is 11.4 Å². The van der Waals surface area contributed by atoms with Gasteiger partial charge in [0.15, 0.2) is 5.11 Å². The van der Waals surface area contributed by atoms with Gasteiger partial charge < -0.3 is 5.32 Å². The van der Waals surface area contributed by atoms with Crippen LogP contribution in [0.4, 0.5) is 0 Å². The average molecular weight is 200 g/mol. The van der Waals surface area contributed by atoms with Gasteiger partial charge in [0.2, 0.25) is 0 Å². The van der Waals surface area contributed by atoms with Crippen LogP contribution in [0.25, 0.3) is 0 Å². The summed E-state index contributed by atoms with van der Waals surface area (Å²) in [7, 11) is 0. The number of rotatable bonds is 0. The van der Waals surface area contributed by atoms with Gasteiger partial charge in [-0.1, -0.05) is 24.3 Å². The van der Waals surface area contributed by atoms with Crippen molar-refractivity contribution < 1.29 is 0 Å². The van der Waals surface area contributed by atoms with Crippen LogP contribution in [0, 0.1) is 5.92 Å². The van der Waals surface area contributed by atoms with Crippen LogP contribution in [0.5, 0.6) is 0 Å². The van der Waals surface area contributed by atoms with E-state index in [4.69, 9.17) is 12.2 Å². The van der Waals surface area contributed by atoms with Gasteiger partial charge in [0.25, 0.3) is 0 Å². The number of hydrogen-bond donors (Lipinski definition) is 1. The summed E-state index contributed by atoms with van der Waals surface area (Å²) in [6, 6.07) is 0. The summed E-state index contributed by atoms with van der Waals surface area (Å²) in [6.45, 7) is 0. The lowest BCUT2D eigenvalue weighted by atomic mass is 9.83. The number of aliphatic imine (C=N–C) groups is 1. The third kappa shape index (κ3) is 1.02. The molecule has 3 aliphatic rings. The Kier molecular flexibility index (Phi) is 1.55. The smallest absolute Gasteiger partial charge is 0.197 e. The molecule has 0 saturated heterocycles. The lowest BCUT2D eigenvalue weighted by Gasteiger charge is -2.30. The van der Waals surface area contributed by atoms with Gasteiger partial charge in [-0.05, 0) is 29.9 Å². The number of nitrogens with one attached hydrogen (secondary N) is 1. The highest BCUT2D eigenvalue weighted by Gasteiger charge is 2.29. The maximum Gasteiger partial charge on any atom is 0.197 e. The lowest BCUT2D eigenvalue weighted by Crippen LogP contribution is -2.37. The summed E-state index contributed by atoms with van der Waals surface area (Å²) in [4.78, 5) is 4.32. The van der Waals surface area contributed by atoms with Gasteiger partial charge in [-0.25, -0.2) is 4.99 Å². The summed E-state index contributed by atoms with van der Waals surface area (Å²) in [6.07, 6.45) is 12.4. The van der Waals surface area contributed by atoms with E-state index >= 15 is 0 Å². The first-order valence-electron chi connectivity index (χ1n) is 4.51. The molecule has 1 unspecified atom stereocenters. The minimum atomic E-state index is 0.275. The molecule has 1 atom stereocenters. The SMILES string of the molecule is S=C1N=C2C=CC=C3C=CC=C(N1)C32. The van der Waals surface area contributed by atoms with Crippen molar-refractivity contribution in [2.24, 2.45) is 10.9 Å². The second-order valence-corrected chi connectivity index (χ2v) is 3.79. The first-order chi connectivity index (χ1) is 6.84. The maximum atomic E-state index is 5.06. The highest BCUT2D eigenvalue weighted by molar-refractivity contribution is 7.80. The van der Waals surface area contributed by atoms with E-state index in [2.05, 4.69) is 28.5 Å². The fourth-order valence-electron chi connectivity index (χ4n) is 1.96. The van der Waals surface area contributed by atoms with Crippen molar-refractivity contribution in [2.75, 3.05) is 0 Å². The Hall–Kier alpha value is -1.48. The fourth-order valence-corrected chi connectivity index (χ4v) is 2.18. The summed E-state index contributed by atoms with van der Waals surface area (Å²) in [5, 5.41) is 3.68. The van der Waals surface area contributed by atoms with Gasteiger partial charge in [-0.3, -0.25) is 0 Å². The van der Waals surface area contributed by atoms with Crippen LogP contribution < -0.4 is 5.32 Å². The van der Waals surface area contributed by atoms with Gasteiger partial charge in [-0.2, -0.15) is 0 Å². The van der Waals surface area contributed by atoms with E-state index in [1.165, 1.54) is 5.57 Å². The Balaban J connectivity index is 2.21. The van der Waals surface area contributed by atoms with Crippen molar-refractivity contribution in [3.8, 4) is 0 Å². The molecule has 0 fully saturated rings. The van der Waals surface area contributed by atoms with E-state index in [1.807, 2.05) is 18.2 Å². The van der Waals surface area contributed by atoms with Gasteiger partial charge >= 0.3 is 0 Å². The van der Waals surface area contributed by atoms with E-state index in [9.17, 15) is 0 Å². The molecular weight excluding hydrogens is 192 g/mol. The molecule has 2 aliphatic carbocycles. The molecule has 0 aromatic heterocycles. The average Bonchev–Trinajstić information content (AvgIpc) is 2.18. The third-order valence-corrected chi connectivity index (χ3v) is 2.74. The number of nitrogens with zero attached hydrogens (tertiary/aromatic N) is 1. The van der Waals surface area contributed by atoms with Crippen molar-refractivity contribution >= 4 is 23.0 Å². The third-order valence-electron chi connectivity index (χ3n) is 2.54. The lowest BCUT2D eigenvalue weighted by molar-refractivity contribution is 0.860. The van der Waals surface area contributed by atoms with E-state index in [0.29, 0.717) is 5.11 Å². The molecule has 0 bridgehead atoms. The molecule has 3 heteroatoms. The quantitative estimate of drug-likeness (QED) is 0.604. The minimum absolute atomic E-state index is 0.275. The zero-order valence-electron chi connectivity index (χ0n) is 7.40. The summed E-state index contributed by atoms with van der Waals surface area (Å²) in [5.41, 5.74) is 3.46. The van der Waals surface area contributed by atoms with Crippen molar-refractivity contribution in [1.82, 2.24) is 5.32 Å². The molecule has 3 rings (SSSR count). The Morgan fingerprint density at radius 2 is 2.07 bits per heavy atom. The minimum Gasteiger partial charge on any atom is -0.334 e. The van der Waals surface area contributed by atoms with E-state index in [1.54, 1.807) is 0 Å². The fraction of sp³-hybridized carbons (Fsp3) is 0.0909. The van der Waals surface area contributed by atoms with Crippen LogP contribution >= 0.6 is 12.2 Å². The van der Waals surface area contributed by atoms with Crippen LogP contribution in [-0.2, 0) is 0 Å². The maximum absolute atomic E-state index is 5.06. The van der Waals surface area contributed by atoms with Crippen LogP contribution in [0.1, 0.15) is 0 Å². The molecule has 1 aliphatic heterocycles. The molecule has 0 spiro atoms. The van der Waals surface area contributed by atoms with Gasteiger partial charge in [-0.15, -0.1) is 0 Å². The van der Waals surface area contributed by atoms with Gasteiger partial charge in [0.1, 0.15) is 0 Å². The topological polar surface area (TPSA) is 24.4 Å². The van der Waals surface area contributed by atoms with E-state index < -0.39 is 0 Å². The molecule has 14 heavy (non-hydrogen) atoms. The molecule has 0 radical (unpaired) electrons. The van der Waals surface area contributed by atoms with Crippen LogP contribution in [-0.4, -0.2) is 10.8 Å². The van der Waals surface area contributed by atoms with Crippen molar-refractivity contribution in [3.05, 3.63) is 47.7 Å². The molecule has 1 N–H and O–H groups in total. The molecule has 1 heterocycles. The van der Waals surface area contributed by atoms with Crippen molar-refractivity contribution in [1.29, 1.82) is 0 Å². The monoisotopic (exact) mass is 200 g/mol. The normalized spacial score (nSPS) is 27.3. The van der Waals surface area contributed by atoms with Crippen molar-refractivity contribution in [3.63, 3.8) is 0 Å². The molecule has 0 amide bonds. The number of hydrogen-bond acceptors (Lipinski definition) is 1. The van der Waals surface area contributed by atoms with Crippen LogP contribution in [0.15, 0.2) is 52.7 Å². The van der Waals surface area contributed by atoms with E-state index in [-0.39, 0.29) is 5.92 Å². The first kappa shape index (κ1) is 7.88. The predicted octanol–water partition coefficient (Wildman–Crippen LogP) is 1.88. The van der Waals surface area contributed by atoms with Gasteiger partial charge in [0.05, 0.1) is 11.6 Å². The Morgan fingerprint density at radius 3 is 3.00 bits per heavy atom. The number of allylic oxidation sites excluding steroid dienone is 7. The molecule has 68 valence electrons. The number of thiocarbonyl (C=S) groups is 1. The highest BCUT2D eigenvalue weighted by Crippen LogP contribution is 2.30. The highest BCUT2D eigenvalue weighted by atomic mass is 32.1. The van der Waals surface area contributed by atoms with Crippen LogP contribution in [0.2, 0.25) is 0 Å². The second-order valence-electron chi connectivity index (χ2n) is 3.41. The Labute approximate surface area is 87.4 Å². The van der Waals surface area contributed by atoms with Crippen molar-refractivity contribution in [2.45, 2.75) is 0 Å². The molecule has 2 nitrogen and oxygen atoms in total. The molecular formula is C11H8N2S. The molecule has 0 saturated carbocycles. The Bertz CT molecular complexity index is 464. The van der Waals surface area contributed by atoms with Gasteiger partial charge in [0, 0.05) is 5.70 Å². The molecule has 0 aromatic rings. The Morgan fingerprint density at radius 1 is 1.21 bits per heavy atom. The zero-order chi connectivity index (χ0) is 9.54. The standard InChI is InChI=1S/C11H8N2S/c14-11-12-8-5-1-3-7-4-2-6-9(13-11)10(7)8/h1-6,10H,(H,12,13,14). The largest absolute Gasteiger partial charge is 0.334 e. The zero-order valence-corrected chi connectivity index (χ0v) is 8.21. The first-order valence-corrected chi connectivity index (χ1v) is 4.91. The summed E-state index contributed by atoms with van der Waals surface area (Å²) in [5.74, 6) is 0.275. The second kappa shape index (κ2) is 2.75. The van der Waals surface area contributed by atoms with Crippen LogP contribution in [0.3, 0.4) is 0 Å². The predicted molar refractivity (Wildman–Crippen MR) is 61.1 cm³/mol. The summed E-state index contributed by atoms with van der Waals surface area (Å²) >= 11 is 5.06. The summed E-state index contributed by atoms with van der Waals surface area (Å²) < 4.78 is 0.